The fourth-order valence-electron chi connectivity index (χ4n) is 2.65. The molecule has 0 spiro atoms. The minimum Gasteiger partial charge on any atom is -0.331 e. The van der Waals surface area contributed by atoms with Gasteiger partial charge in [0, 0.05) is 11.1 Å². The van der Waals surface area contributed by atoms with E-state index in [1.165, 1.54) is 0 Å². The molecule has 2 atom stereocenters. The number of halogens is 10. The average Bonchev–Trinajstić information content (AvgIpc) is 2.65. The second-order valence-electron chi connectivity index (χ2n) is 5.15. The molecule has 0 aromatic carbocycles. The lowest BCUT2D eigenvalue weighted by atomic mass is 9.87. The second-order valence-corrected chi connectivity index (χ2v) is 21.2. The Bertz CT molecular complexity index is 675. The van der Waals surface area contributed by atoms with Crippen LogP contribution in [0.25, 0.3) is 0 Å². The predicted octanol–water partition coefficient (Wildman–Crippen LogP) is 8.58. The number of fused-ring (bicyclic) bond motifs is 2. The first-order valence-electron chi connectivity index (χ1n) is 5.88. The summed E-state index contributed by atoms with van der Waals surface area (Å²) < 4.78 is 1.88. The van der Waals surface area contributed by atoms with Gasteiger partial charge in [-0.05, 0) is 37.9 Å². The Morgan fingerprint density at radius 1 is 0.696 bits per heavy atom. The summed E-state index contributed by atoms with van der Waals surface area (Å²) in [4.78, 5) is 0. The smallest absolute Gasteiger partial charge is 0.176 e. The van der Waals surface area contributed by atoms with Crippen LogP contribution in [0.1, 0.15) is 0 Å². The van der Waals surface area contributed by atoms with Crippen molar-refractivity contribution in [3.63, 3.8) is 0 Å². The summed E-state index contributed by atoms with van der Waals surface area (Å²) in [6, 6.07) is 0. The lowest BCUT2D eigenvalue weighted by molar-refractivity contribution is 0.0310. The molecule has 1 nitrogen and oxygen atoms in total. The van der Waals surface area contributed by atoms with Gasteiger partial charge in [-0.1, -0.05) is 146 Å². The molecule has 2 aliphatic carbocycles. The minimum atomic E-state index is -0.914. The maximum absolute atomic E-state index is 6.49. The molecule has 0 radical (unpaired) electrons. The largest absolute Gasteiger partial charge is 0.331 e. The molecule has 1 aliphatic heterocycles. The van der Waals surface area contributed by atoms with Crippen LogP contribution in [-0.4, -0.2) is 22.0 Å². The van der Waals surface area contributed by atoms with Crippen molar-refractivity contribution in [2.24, 2.45) is 0 Å². The van der Waals surface area contributed by atoms with E-state index in [1.807, 2.05) is 24.3 Å². The Hall–Kier alpha value is 3.98. The van der Waals surface area contributed by atoms with Crippen molar-refractivity contribution in [1.82, 2.24) is 0 Å². The lowest BCUT2D eigenvalue weighted by Crippen LogP contribution is -2.70. The first-order chi connectivity index (χ1) is 10.2. The molecule has 1 heterocycles. The number of alkyl halides is 10. The van der Waals surface area contributed by atoms with Gasteiger partial charge in [-0.15, -0.1) is 0 Å². The highest BCUT2D eigenvalue weighted by Gasteiger charge is 2.82. The third kappa shape index (κ3) is 2.59. The average molecular weight is 963 g/mol. The molecule has 0 saturated heterocycles. The highest BCUT2D eigenvalue weighted by atomic mass is 79.9. The molecule has 0 bridgehead atoms. The maximum Gasteiger partial charge on any atom is 0.176 e. The van der Waals surface area contributed by atoms with E-state index in [-0.39, 0.29) is 0 Å². The van der Waals surface area contributed by atoms with Crippen LogP contribution in [0.4, 0.5) is 0 Å². The van der Waals surface area contributed by atoms with Gasteiger partial charge in [-0.25, -0.2) is 0 Å². The first-order valence-corrected chi connectivity index (χ1v) is 13.8. The van der Waals surface area contributed by atoms with E-state index in [0.717, 1.165) is 11.1 Å². The molecule has 1 saturated carbocycles. The van der Waals surface area contributed by atoms with Gasteiger partial charge in [0.25, 0.3) is 0 Å². The van der Waals surface area contributed by atoms with Crippen LogP contribution < -0.4 is 0 Å². The zero-order chi connectivity index (χ0) is 17.7. The van der Waals surface area contributed by atoms with E-state index < -0.39 is 22.0 Å². The molecule has 2 unspecified atom stereocenters. The number of ether oxygens (including phenoxy) is 1. The van der Waals surface area contributed by atoms with Crippen molar-refractivity contribution in [2.45, 2.75) is 22.0 Å². The maximum atomic E-state index is 6.49. The quantitative estimate of drug-likeness (QED) is 0.222. The number of hydrogen-bond acceptors (Lipinski definition) is 1. The molecule has 0 aromatic heterocycles. The van der Waals surface area contributed by atoms with Crippen LogP contribution in [0.3, 0.4) is 0 Å². The van der Waals surface area contributed by atoms with E-state index in [9.17, 15) is 0 Å². The van der Waals surface area contributed by atoms with E-state index in [0.29, 0.717) is 0 Å². The molecule has 0 amide bonds. The van der Waals surface area contributed by atoms with Gasteiger partial charge < -0.3 is 4.74 Å². The van der Waals surface area contributed by atoms with Crippen LogP contribution in [0.15, 0.2) is 35.5 Å². The molecular weight excluding hydrogens is 959 g/mol. The topological polar surface area (TPSA) is 9.23 Å². The van der Waals surface area contributed by atoms with Crippen LogP contribution in [0.5, 0.6) is 0 Å². The van der Waals surface area contributed by atoms with Crippen molar-refractivity contribution in [3.05, 3.63) is 35.5 Å². The lowest BCUT2D eigenvalue weighted by Gasteiger charge is -2.60. The van der Waals surface area contributed by atoms with Gasteiger partial charge in [-0.2, -0.15) is 0 Å². The van der Waals surface area contributed by atoms with Gasteiger partial charge in [0.15, 0.2) is 12.3 Å². The van der Waals surface area contributed by atoms with Crippen LogP contribution in [-0.2, 0) is 4.74 Å². The summed E-state index contributed by atoms with van der Waals surface area (Å²) >= 11 is 38.1. The van der Waals surface area contributed by atoms with E-state index in [1.54, 1.807) is 0 Å². The third-order valence-corrected chi connectivity index (χ3v) is 22.3. The Morgan fingerprint density at radius 3 is 1.83 bits per heavy atom. The normalized spacial score (nSPS) is 41.7. The summed E-state index contributed by atoms with van der Waals surface area (Å²) in [7, 11) is 0. The van der Waals surface area contributed by atoms with E-state index in [4.69, 9.17) is 4.74 Å². The van der Waals surface area contributed by atoms with Crippen LogP contribution >= 0.6 is 159 Å². The van der Waals surface area contributed by atoms with E-state index >= 15 is 0 Å². The molecular formula is C12H4Br10O. The standard InChI is InChI=1S/C12H4Br10O/c13-7-4-2-1-3-5(7)6-8(14,15)10(17,18)12(21,22)11(19,20)9(6,16)23-7/h1-4H. The number of allylic oxidation sites excluding steroid dienone is 2. The zero-order valence-corrected chi connectivity index (χ0v) is 26.4. The molecule has 128 valence electrons. The number of rotatable bonds is 0. The first kappa shape index (κ1) is 21.7. The van der Waals surface area contributed by atoms with Gasteiger partial charge in [-0.3, -0.25) is 0 Å². The molecule has 11 heteroatoms. The highest BCUT2D eigenvalue weighted by Crippen LogP contribution is 2.80. The Labute approximate surface area is 217 Å². The van der Waals surface area contributed by atoms with Gasteiger partial charge >= 0.3 is 0 Å². The highest BCUT2D eigenvalue weighted by molar-refractivity contribution is 9.34. The Kier molecular flexibility index (Phi) is 5.88. The van der Waals surface area contributed by atoms with Crippen molar-refractivity contribution in [1.29, 1.82) is 0 Å². The predicted molar refractivity (Wildman–Crippen MR) is 132 cm³/mol. The van der Waals surface area contributed by atoms with Gasteiger partial charge in [0.1, 0.15) is 9.70 Å². The monoisotopic (exact) mass is 953 g/mol. The molecule has 3 rings (SSSR count). The fourth-order valence-corrected chi connectivity index (χ4v) is 12.7. The SMILES string of the molecule is BrC12C=CC=CC1=C1C(Br)(Br)C(Br)(Br)C(Br)(Br)C(Br)(Br)C1(Br)O2. The molecule has 0 aromatic rings. The van der Waals surface area contributed by atoms with Crippen LogP contribution in [0.2, 0.25) is 0 Å². The zero-order valence-electron chi connectivity index (χ0n) is 10.5. The van der Waals surface area contributed by atoms with Crippen molar-refractivity contribution >= 4 is 159 Å². The van der Waals surface area contributed by atoms with Crippen molar-refractivity contribution in [2.75, 3.05) is 0 Å². The van der Waals surface area contributed by atoms with Crippen molar-refractivity contribution in [3.8, 4) is 0 Å². The third-order valence-electron chi connectivity index (χ3n) is 3.83. The molecule has 3 aliphatic rings. The van der Waals surface area contributed by atoms with Crippen molar-refractivity contribution < 1.29 is 4.74 Å². The van der Waals surface area contributed by atoms with Gasteiger partial charge in [0.05, 0.1) is 0 Å². The molecule has 1 fully saturated rings. The Balaban J connectivity index is 2.42. The van der Waals surface area contributed by atoms with Gasteiger partial charge in [0.2, 0.25) is 0 Å². The minimum absolute atomic E-state index is 0.705. The second kappa shape index (κ2) is 6.24. The van der Waals surface area contributed by atoms with E-state index in [2.05, 4.69) is 159 Å². The summed E-state index contributed by atoms with van der Waals surface area (Å²) in [5.74, 6) is 0. The summed E-state index contributed by atoms with van der Waals surface area (Å²) in [5, 5.41) is 0. The summed E-state index contributed by atoms with van der Waals surface area (Å²) in [6.45, 7) is 0. The summed E-state index contributed by atoms with van der Waals surface area (Å²) in [6.07, 6.45) is 7.94. The molecule has 0 N–H and O–H groups in total. The molecule has 23 heavy (non-hydrogen) atoms. The summed E-state index contributed by atoms with van der Waals surface area (Å²) in [5.41, 5.74) is 1.95. The number of hydrogen-bond donors (Lipinski definition) is 0. The van der Waals surface area contributed by atoms with Crippen LogP contribution in [0, 0.1) is 0 Å². The fraction of sp³-hybridized carbons (Fsp3) is 0.500. The Morgan fingerprint density at radius 2 is 1.26 bits per heavy atom.